The van der Waals surface area contributed by atoms with E-state index in [0.717, 1.165) is 6.41 Å². The number of aromatic nitrogens is 2. The number of nitrogens with zero attached hydrogens (tertiary/aromatic N) is 4. The van der Waals surface area contributed by atoms with Crippen molar-refractivity contribution < 1.29 is 27.5 Å². The van der Waals surface area contributed by atoms with Crippen LogP contribution in [-0.4, -0.2) is 64.4 Å². The van der Waals surface area contributed by atoms with Crippen LogP contribution in [0.4, 0.5) is 13.2 Å². The van der Waals surface area contributed by atoms with Crippen LogP contribution in [0.1, 0.15) is 10.5 Å². The van der Waals surface area contributed by atoms with Gasteiger partial charge in [-0.1, -0.05) is 29.8 Å². The summed E-state index contributed by atoms with van der Waals surface area (Å²) in [5.41, 5.74) is 1.41. The maximum Gasteiger partial charge on any atom is 0.573 e. The van der Waals surface area contributed by atoms with E-state index >= 15 is 0 Å². The first kappa shape index (κ1) is 22.7. The molecule has 0 atom stereocenters. The Morgan fingerprint density at radius 1 is 1.03 bits per heavy atom. The van der Waals surface area contributed by atoms with Crippen LogP contribution in [0, 0.1) is 0 Å². The zero-order valence-corrected chi connectivity index (χ0v) is 17.9. The van der Waals surface area contributed by atoms with Crippen LogP contribution < -0.4 is 4.74 Å². The van der Waals surface area contributed by atoms with Crippen LogP contribution in [0.5, 0.6) is 5.75 Å². The molecule has 0 radical (unpaired) electrons. The van der Waals surface area contributed by atoms with Gasteiger partial charge in [-0.2, -0.15) is 5.10 Å². The van der Waals surface area contributed by atoms with Crippen LogP contribution in [0.15, 0.2) is 54.6 Å². The Hall–Kier alpha value is -3.53. The van der Waals surface area contributed by atoms with Crippen molar-refractivity contribution in [3.05, 3.63) is 65.3 Å². The van der Waals surface area contributed by atoms with Crippen molar-refractivity contribution >= 4 is 23.9 Å². The highest BCUT2D eigenvalue weighted by Gasteiger charge is 2.31. The summed E-state index contributed by atoms with van der Waals surface area (Å²) in [6.45, 7) is 1.53. The number of halogens is 4. The van der Waals surface area contributed by atoms with Gasteiger partial charge >= 0.3 is 6.36 Å². The summed E-state index contributed by atoms with van der Waals surface area (Å²) in [4.78, 5) is 27.2. The van der Waals surface area contributed by atoms with Gasteiger partial charge in [0.15, 0.2) is 5.69 Å². The normalized spacial score (nSPS) is 14.3. The lowest BCUT2D eigenvalue weighted by Gasteiger charge is -2.32. The fraction of sp³-hybridized carbons (Fsp3) is 0.227. The molecule has 1 fully saturated rings. The van der Waals surface area contributed by atoms with Crippen molar-refractivity contribution in [2.24, 2.45) is 0 Å². The van der Waals surface area contributed by atoms with Gasteiger partial charge in [0.1, 0.15) is 5.75 Å². The van der Waals surface area contributed by atoms with E-state index in [1.807, 2.05) is 0 Å². The molecule has 0 aliphatic carbocycles. The van der Waals surface area contributed by atoms with Gasteiger partial charge in [-0.05, 0) is 36.4 Å². The average molecular weight is 479 g/mol. The monoisotopic (exact) mass is 478 g/mol. The van der Waals surface area contributed by atoms with Crippen molar-refractivity contribution in [3.8, 4) is 22.7 Å². The molecule has 2 heterocycles. The summed E-state index contributed by atoms with van der Waals surface area (Å²) in [6, 6.07) is 13.7. The molecule has 0 bridgehead atoms. The number of rotatable bonds is 5. The molecule has 0 unspecified atom stereocenters. The SMILES string of the molecule is O=CN1CCN(C(=O)c2cc(-c3cccc(OC(F)(F)F)c3)n(-c3cccc(Cl)c3)n2)CC1. The number of amides is 2. The highest BCUT2D eigenvalue weighted by atomic mass is 35.5. The molecule has 11 heteroatoms. The summed E-state index contributed by atoms with van der Waals surface area (Å²) < 4.78 is 43.6. The zero-order valence-electron chi connectivity index (χ0n) is 17.1. The second-order valence-corrected chi connectivity index (χ2v) is 7.75. The Labute approximate surface area is 191 Å². The number of hydrogen-bond acceptors (Lipinski definition) is 4. The predicted octanol–water partition coefficient (Wildman–Crippen LogP) is 4.01. The Kier molecular flexibility index (Phi) is 6.28. The highest BCUT2D eigenvalue weighted by Crippen LogP contribution is 2.30. The first-order valence-electron chi connectivity index (χ1n) is 9.94. The standard InChI is InChI=1S/C22H18ClF3N4O3/c23-16-4-2-5-17(12-16)30-20(15-3-1-6-18(11-15)33-22(24,25)26)13-19(27-30)21(32)29-9-7-28(14-31)8-10-29/h1-6,11-14H,7-10H2. The second kappa shape index (κ2) is 9.14. The number of piperazine rings is 1. The molecule has 2 aromatic carbocycles. The maximum atomic E-state index is 13.1. The summed E-state index contributed by atoms with van der Waals surface area (Å²) in [5.74, 6) is -0.734. The van der Waals surface area contributed by atoms with Gasteiger partial charge in [-0.25, -0.2) is 4.68 Å². The van der Waals surface area contributed by atoms with Crippen molar-refractivity contribution in [1.82, 2.24) is 19.6 Å². The van der Waals surface area contributed by atoms with Crippen molar-refractivity contribution in [2.75, 3.05) is 26.2 Å². The lowest BCUT2D eigenvalue weighted by atomic mass is 10.1. The first-order valence-corrected chi connectivity index (χ1v) is 10.3. The van der Waals surface area contributed by atoms with Crippen molar-refractivity contribution in [1.29, 1.82) is 0 Å². The summed E-state index contributed by atoms with van der Waals surface area (Å²) in [5, 5.41) is 4.87. The maximum absolute atomic E-state index is 13.1. The predicted molar refractivity (Wildman–Crippen MR) is 114 cm³/mol. The van der Waals surface area contributed by atoms with E-state index in [2.05, 4.69) is 9.84 Å². The van der Waals surface area contributed by atoms with E-state index in [1.165, 1.54) is 28.9 Å². The molecule has 1 saturated heterocycles. The van der Waals surface area contributed by atoms with Crippen molar-refractivity contribution in [2.45, 2.75) is 6.36 Å². The number of ether oxygens (including phenoxy) is 1. The molecule has 172 valence electrons. The lowest BCUT2D eigenvalue weighted by molar-refractivity contribution is -0.274. The smallest absolute Gasteiger partial charge is 0.406 e. The van der Waals surface area contributed by atoms with Gasteiger partial charge in [0.2, 0.25) is 6.41 Å². The largest absolute Gasteiger partial charge is 0.573 e. The summed E-state index contributed by atoms with van der Waals surface area (Å²) in [7, 11) is 0. The number of hydrogen-bond donors (Lipinski definition) is 0. The van der Waals surface area contributed by atoms with Gasteiger partial charge in [0.05, 0.1) is 11.4 Å². The molecular formula is C22H18ClF3N4O3. The van der Waals surface area contributed by atoms with E-state index in [4.69, 9.17) is 11.6 Å². The third-order valence-corrected chi connectivity index (χ3v) is 5.33. The molecule has 33 heavy (non-hydrogen) atoms. The topological polar surface area (TPSA) is 67.7 Å². The quantitative estimate of drug-likeness (QED) is 0.520. The van der Waals surface area contributed by atoms with Gasteiger partial charge in [-0.3, -0.25) is 9.59 Å². The van der Waals surface area contributed by atoms with Crippen LogP contribution in [0.2, 0.25) is 5.02 Å². The number of carbonyl (C=O) groups excluding carboxylic acids is 2. The van der Waals surface area contributed by atoms with E-state index in [9.17, 15) is 22.8 Å². The molecular weight excluding hydrogens is 461 g/mol. The Morgan fingerprint density at radius 3 is 2.42 bits per heavy atom. The molecule has 0 spiro atoms. The Bertz CT molecular complexity index is 1170. The van der Waals surface area contributed by atoms with E-state index in [-0.39, 0.29) is 11.6 Å². The summed E-state index contributed by atoms with van der Waals surface area (Å²) in [6.07, 6.45) is -4.10. The number of benzene rings is 2. The van der Waals surface area contributed by atoms with Gasteiger partial charge in [-0.15, -0.1) is 13.2 Å². The fourth-order valence-electron chi connectivity index (χ4n) is 3.54. The Morgan fingerprint density at radius 2 is 1.76 bits per heavy atom. The number of carbonyl (C=O) groups is 2. The molecule has 4 rings (SSSR count). The van der Waals surface area contributed by atoms with Gasteiger partial charge in [0, 0.05) is 36.8 Å². The van der Waals surface area contributed by atoms with E-state index < -0.39 is 12.1 Å². The second-order valence-electron chi connectivity index (χ2n) is 7.32. The van der Waals surface area contributed by atoms with Crippen LogP contribution in [0.25, 0.3) is 16.9 Å². The summed E-state index contributed by atoms with van der Waals surface area (Å²) >= 11 is 6.12. The molecule has 1 aromatic heterocycles. The third-order valence-electron chi connectivity index (χ3n) is 5.10. The van der Waals surface area contributed by atoms with Gasteiger partial charge < -0.3 is 14.5 Å². The van der Waals surface area contributed by atoms with Gasteiger partial charge in [0.25, 0.3) is 5.91 Å². The van der Waals surface area contributed by atoms with E-state index in [0.29, 0.717) is 48.1 Å². The molecule has 0 N–H and O–H groups in total. The zero-order chi connectivity index (χ0) is 23.6. The molecule has 7 nitrogen and oxygen atoms in total. The number of alkyl halides is 3. The van der Waals surface area contributed by atoms with Crippen LogP contribution >= 0.6 is 11.6 Å². The third kappa shape index (κ3) is 5.28. The van der Waals surface area contributed by atoms with Crippen LogP contribution in [-0.2, 0) is 4.79 Å². The van der Waals surface area contributed by atoms with E-state index in [1.54, 1.807) is 40.1 Å². The average Bonchev–Trinajstić information content (AvgIpc) is 3.23. The minimum atomic E-state index is -4.84. The lowest BCUT2D eigenvalue weighted by Crippen LogP contribution is -2.48. The minimum Gasteiger partial charge on any atom is -0.406 e. The Balaban J connectivity index is 1.73. The molecule has 0 saturated carbocycles. The fourth-order valence-corrected chi connectivity index (χ4v) is 3.73. The molecule has 1 aliphatic heterocycles. The van der Waals surface area contributed by atoms with Crippen molar-refractivity contribution in [3.63, 3.8) is 0 Å². The molecule has 1 aliphatic rings. The minimum absolute atomic E-state index is 0.117. The highest BCUT2D eigenvalue weighted by molar-refractivity contribution is 6.30. The molecule has 2 amide bonds. The van der Waals surface area contributed by atoms with Crippen LogP contribution in [0.3, 0.4) is 0 Å². The first-order chi connectivity index (χ1) is 15.7. The molecule has 3 aromatic rings.